The van der Waals surface area contributed by atoms with Crippen molar-refractivity contribution >= 4 is 39.7 Å². The molecule has 0 saturated heterocycles. The van der Waals surface area contributed by atoms with Crippen LogP contribution in [0, 0.1) is 16.7 Å². The number of amidine groups is 1. The summed E-state index contributed by atoms with van der Waals surface area (Å²) in [5.41, 5.74) is 9.11. The molecule has 0 amide bonds. The zero-order valence-electron chi connectivity index (χ0n) is 13.7. The Hall–Kier alpha value is -2.10. The summed E-state index contributed by atoms with van der Waals surface area (Å²) in [5.74, 6) is 0.786. The summed E-state index contributed by atoms with van der Waals surface area (Å²) in [5, 5.41) is 16.2. The van der Waals surface area contributed by atoms with Gasteiger partial charge >= 0.3 is 0 Å². The van der Waals surface area contributed by atoms with E-state index in [1.54, 1.807) is 12.1 Å². The maximum absolute atomic E-state index is 12.3. The normalized spacial score (nSPS) is 9.72. The molecule has 0 aliphatic rings. The van der Waals surface area contributed by atoms with Gasteiger partial charge in [-0.1, -0.05) is 48.2 Å². The molecule has 4 nitrogen and oxygen atoms in total. The van der Waals surface area contributed by atoms with Crippen LogP contribution in [0.3, 0.4) is 0 Å². The van der Waals surface area contributed by atoms with Crippen LogP contribution in [-0.2, 0) is 23.4 Å². The number of carbonyl (C=O) groups excluding carboxylic acids is 1. The quantitative estimate of drug-likeness (QED) is 0.525. The summed E-state index contributed by atoms with van der Waals surface area (Å²) >= 11 is 1.26. The molecule has 0 radical (unpaired) electrons. The number of aryl methyl sites for hydroxylation is 1. The van der Waals surface area contributed by atoms with Gasteiger partial charge < -0.3 is 5.73 Å². The number of rotatable bonds is 7. The lowest BCUT2D eigenvalue weighted by Gasteiger charge is -2.08. The lowest BCUT2D eigenvalue weighted by Crippen LogP contribution is -2.08. The number of carbonyl (C=O) groups is 1. The fraction of sp³-hybridized carbons (Fsp3) is 0.211. The van der Waals surface area contributed by atoms with Gasteiger partial charge in [-0.3, -0.25) is 10.2 Å². The van der Waals surface area contributed by atoms with Crippen molar-refractivity contribution in [3.8, 4) is 6.07 Å². The Morgan fingerprint density at radius 3 is 2.36 bits per heavy atom. The number of nitrogens with one attached hydrogen (secondary N) is 1. The molecule has 25 heavy (non-hydrogen) atoms. The summed E-state index contributed by atoms with van der Waals surface area (Å²) < 4.78 is 0. The summed E-state index contributed by atoms with van der Waals surface area (Å²) in [4.78, 5) is 12.3. The second kappa shape index (κ2) is 10.7. The van der Waals surface area contributed by atoms with E-state index >= 15 is 0 Å². The molecular formula is C19H20BrN3OS. The predicted octanol–water partition coefficient (Wildman–Crippen LogP) is 4.01. The summed E-state index contributed by atoms with van der Waals surface area (Å²) in [6.07, 6.45) is 1.54. The molecule has 130 valence electrons. The number of nitriles is 1. The van der Waals surface area contributed by atoms with Crippen molar-refractivity contribution in [1.82, 2.24) is 0 Å². The second-order valence-electron chi connectivity index (χ2n) is 5.45. The third-order valence-corrected chi connectivity index (χ3v) is 4.43. The molecular weight excluding hydrogens is 398 g/mol. The molecule has 0 atom stereocenters. The molecule has 0 aliphatic carbocycles. The van der Waals surface area contributed by atoms with Gasteiger partial charge in [0.2, 0.25) is 0 Å². The third kappa shape index (κ3) is 7.12. The molecule has 0 saturated carbocycles. The Balaban J connectivity index is 0.00000312. The number of nitrogens with two attached hydrogens (primary N) is 1. The molecule has 6 heteroatoms. The van der Waals surface area contributed by atoms with Crippen molar-refractivity contribution in [3.05, 3.63) is 70.8 Å². The van der Waals surface area contributed by atoms with Crippen LogP contribution in [-0.4, -0.2) is 11.0 Å². The van der Waals surface area contributed by atoms with Gasteiger partial charge in [0.15, 0.2) is 5.17 Å². The SMILES string of the molecule is Br.N#Cc1ccc(CCC(=O)Cc2ccccc2CSC(=N)N)cc1. The molecule has 2 aromatic carbocycles. The largest absolute Gasteiger partial charge is 0.379 e. The highest BCUT2D eigenvalue weighted by molar-refractivity contribution is 8.93. The predicted molar refractivity (Wildman–Crippen MR) is 108 cm³/mol. The lowest BCUT2D eigenvalue weighted by molar-refractivity contribution is -0.118. The minimum Gasteiger partial charge on any atom is -0.379 e. The van der Waals surface area contributed by atoms with Crippen LogP contribution >= 0.6 is 28.7 Å². The van der Waals surface area contributed by atoms with Gasteiger partial charge in [0.1, 0.15) is 5.78 Å². The Morgan fingerprint density at radius 2 is 1.76 bits per heavy atom. The highest BCUT2D eigenvalue weighted by Gasteiger charge is 2.09. The van der Waals surface area contributed by atoms with Crippen molar-refractivity contribution in [2.75, 3.05) is 0 Å². The molecule has 3 N–H and O–H groups in total. The van der Waals surface area contributed by atoms with Crippen LogP contribution in [0.25, 0.3) is 0 Å². The molecule has 0 spiro atoms. The van der Waals surface area contributed by atoms with Gasteiger partial charge in [0.25, 0.3) is 0 Å². The van der Waals surface area contributed by atoms with E-state index in [-0.39, 0.29) is 27.9 Å². The molecule has 0 aromatic heterocycles. The summed E-state index contributed by atoms with van der Waals surface area (Å²) in [7, 11) is 0. The van der Waals surface area contributed by atoms with Gasteiger partial charge in [-0.2, -0.15) is 5.26 Å². The van der Waals surface area contributed by atoms with Crippen LogP contribution in [0.1, 0.15) is 28.7 Å². The van der Waals surface area contributed by atoms with Gasteiger partial charge in [-0.25, -0.2) is 0 Å². The lowest BCUT2D eigenvalue weighted by atomic mass is 9.99. The van der Waals surface area contributed by atoms with Crippen LogP contribution in [0.15, 0.2) is 48.5 Å². The first-order valence-electron chi connectivity index (χ1n) is 7.63. The Bertz CT molecular complexity index is 769. The average Bonchev–Trinajstić information content (AvgIpc) is 2.59. The molecule has 2 rings (SSSR count). The number of nitrogens with zero attached hydrogens (tertiary/aromatic N) is 1. The Kier molecular flexibility index (Phi) is 8.96. The molecule has 0 aliphatic heterocycles. The van der Waals surface area contributed by atoms with E-state index in [0.29, 0.717) is 30.6 Å². The van der Waals surface area contributed by atoms with Crippen LogP contribution in [0.4, 0.5) is 0 Å². The van der Waals surface area contributed by atoms with E-state index in [2.05, 4.69) is 6.07 Å². The van der Waals surface area contributed by atoms with E-state index in [1.807, 2.05) is 36.4 Å². The number of hydrogen-bond donors (Lipinski definition) is 2. The smallest absolute Gasteiger partial charge is 0.151 e. The van der Waals surface area contributed by atoms with Gasteiger partial charge in [-0.05, 0) is 35.2 Å². The first kappa shape index (κ1) is 20.9. The molecule has 2 aromatic rings. The Morgan fingerprint density at radius 1 is 1.12 bits per heavy atom. The van der Waals surface area contributed by atoms with E-state index in [4.69, 9.17) is 16.4 Å². The molecule has 0 fully saturated rings. The van der Waals surface area contributed by atoms with E-state index < -0.39 is 0 Å². The third-order valence-electron chi connectivity index (χ3n) is 3.66. The zero-order valence-corrected chi connectivity index (χ0v) is 16.2. The number of benzene rings is 2. The number of thioether (sulfide) groups is 1. The van der Waals surface area contributed by atoms with Crippen molar-refractivity contribution < 1.29 is 4.79 Å². The fourth-order valence-corrected chi connectivity index (χ4v) is 2.95. The van der Waals surface area contributed by atoms with Gasteiger partial charge in [0.05, 0.1) is 11.6 Å². The summed E-state index contributed by atoms with van der Waals surface area (Å²) in [6.45, 7) is 0. The first-order chi connectivity index (χ1) is 11.6. The number of ketones is 1. The molecule has 0 bridgehead atoms. The summed E-state index contributed by atoms with van der Waals surface area (Å²) in [6, 6.07) is 17.2. The van der Waals surface area contributed by atoms with Crippen LogP contribution in [0.5, 0.6) is 0 Å². The van der Waals surface area contributed by atoms with E-state index in [0.717, 1.165) is 16.7 Å². The zero-order chi connectivity index (χ0) is 17.4. The second-order valence-corrected chi connectivity index (χ2v) is 6.46. The number of Topliss-reactive ketones (excluding diaryl/α,β-unsaturated/α-hetero) is 1. The highest BCUT2D eigenvalue weighted by atomic mass is 79.9. The maximum Gasteiger partial charge on any atom is 0.151 e. The van der Waals surface area contributed by atoms with Crippen molar-refractivity contribution in [2.24, 2.45) is 5.73 Å². The first-order valence-corrected chi connectivity index (χ1v) is 8.61. The maximum atomic E-state index is 12.3. The van der Waals surface area contributed by atoms with Gasteiger partial charge in [-0.15, -0.1) is 17.0 Å². The minimum absolute atomic E-state index is 0. The molecule has 0 heterocycles. The fourth-order valence-electron chi connectivity index (χ4n) is 2.36. The van der Waals surface area contributed by atoms with Crippen LogP contribution in [0.2, 0.25) is 0 Å². The van der Waals surface area contributed by atoms with E-state index in [1.165, 1.54) is 11.8 Å². The standard InChI is InChI=1S/C19H19N3OS.BrH/c20-12-15-7-5-14(6-8-15)9-10-18(23)11-16-3-1-2-4-17(16)13-24-19(21)22;/h1-8H,9-11,13H2,(H3,21,22);1H. The number of halogens is 1. The number of hydrogen-bond acceptors (Lipinski definition) is 4. The average molecular weight is 418 g/mol. The van der Waals surface area contributed by atoms with Crippen LogP contribution < -0.4 is 5.73 Å². The highest BCUT2D eigenvalue weighted by Crippen LogP contribution is 2.18. The minimum atomic E-state index is 0. The topological polar surface area (TPSA) is 90.7 Å². The van der Waals surface area contributed by atoms with E-state index in [9.17, 15) is 4.79 Å². The van der Waals surface area contributed by atoms with Crippen molar-refractivity contribution in [1.29, 1.82) is 10.7 Å². The van der Waals surface area contributed by atoms with Crippen molar-refractivity contribution in [2.45, 2.75) is 25.0 Å². The van der Waals surface area contributed by atoms with Crippen molar-refractivity contribution in [3.63, 3.8) is 0 Å². The monoisotopic (exact) mass is 417 g/mol. The Labute approximate surface area is 162 Å². The molecule has 0 unspecified atom stereocenters. The van der Waals surface area contributed by atoms with Gasteiger partial charge in [0, 0.05) is 18.6 Å².